The van der Waals surface area contributed by atoms with Gasteiger partial charge in [0.25, 0.3) is 0 Å². The van der Waals surface area contributed by atoms with Gasteiger partial charge in [0.1, 0.15) is 13.2 Å². The molecule has 0 bridgehead atoms. The van der Waals surface area contributed by atoms with Crippen molar-refractivity contribution in [3.63, 3.8) is 0 Å². The van der Waals surface area contributed by atoms with Crippen molar-refractivity contribution < 1.29 is 28.6 Å². The number of rotatable bonds is 43. The summed E-state index contributed by atoms with van der Waals surface area (Å²) in [5.41, 5.74) is 0. The van der Waals surface area contributed by atoms with E-state index in [-0.39, 0.29) is 31.1 Å². The van der Waals surface area contributed by atoms with E-state index in [1.807, 2.05) is 0 Å². The maximum Gasteiger partial charge on any atom is 0.306 e. The Bertz CT molecular complexity index is 783. The standard InChI is InChI=1S/C47H90O6/c1-4-7-10-13-16-18-20-22-23-24-25-27-29-32-34-37-40-46(49)52-43-44(53-47(50)41-38-35-30-15-12-9-6-3)42-51-45(48)39-36-33-31-28-26-21-19-17-14-11-8-5-2/h44H,4-43H2,1-3H3/t44-/m0/s1. The molecule has 0 amide bonds. The smallest absolute Gasteiger partial charge is 0.306 e. The van der Waals surface area contributed by atoms with Gasteiger partial charge in [0.05, 0.1) is 0 Å². The molecule has 0 saturated heterocycles. The first-order valence-electron chi connectivity index (χ1n) is 23.5. The van der Waals surface area contributed by atoms with Crippen molar-refractivity contribution in [2.45, 2.75) is 271 Å². The van der Waals surface area contributed by atoms with E-state index in [0.29, 0.717) is 19.3 Å². The zero-order valence-electron chi connectivity index (χ0n) is 35.8. The van der Waals surface area contributed by atoms with Crippen LogP contribution in [0.4, 0.5) is 0 Å². The monoisotopic (exact) mass is 751 g/mol. The minimum absolute atomic E-state index is 0.0632. The van der Waals surface area contributed by atoms with Crippen LogP contribution in [-0.4, -0.2) is 37.2 Å². The van der Waals surface area contributed by atoms with Gasteiger partial charge >= 0.3 is 17.9 Å². The summed E-state index contributed by atoms with van der Waals surface area (Å²) in [6.07, 6.45) is 43.8. The number of carbonyl (C=O) groups excluding carboxylic acids is 3. The number of carbonyl (C=O) groups is 3. The molecule has 0 aromatic carbocycles. The lowest BCUT2D eigenvalue weighted by Crippen LogP contribution is -2.30. The predicted molar refractivity (Wildman–Crippen MR) is 224 cm³/mol. The second kappa shape index (κ2) is 43.1. The summed E-state index contributed by atoms with van der Waals surface area (Å²) in [6.45, 7) is 6.62. The van der Waals surface area contributed by atoms with Crippen LogP contribution in [0, 0.1) is 0 Å². The van der Waals surface area contributed by atoms with Gasteiger partial charge in [-0.25, -0.2) is 0 Å². The van der Waals surface area contributed by atoms with Crippen LogP contribution in [0.5, 0.6) is 0 Å². The molecule has 1 atom stereocenters. The Hall–Kier alpha value is -1.59. The van der Waals surface area contributed by atoms with Crippen molar-refractivity contribution in [3.8, 4) is 0 Å². The molecular weight excluding hydrogens is 661 g/mol. The van der Waals surface area contributed by atoms with Crippen molar-refractivity contribution in [1.82, 2.24) is 0 Å². The molecule has 53 heavy (non-hydrogen) atoms. The van der Waals surface area contributed by atoms with E-state index in [1.54, 1.807) is 0 Å². The van der Waals surface area contributed by atoms with E-state index in [4.69, 9.17) is 14.2 Å². The highest BCUT2D eigenvalue weighted by Crippen LogP contribution is 2.16. The maximum atomic E-state index is 12.6. The Labute approximate surface area is 329 Å². The van der Waals surface area contributed by atoms with Gasteiger partial charge < -0.3 is 14.2 Å². The Morgan fingerprint density at radius 3 is 0.755 bits per heavy atom. The zero-order valence-corrected chi connectivity index (χ0v) is 35.8. The Kier molecular flexibility index (Phi) is 41.8. The summed E-state index contributed by atoms with van der Waals surface area (Å²) in [6, 6.07) is 0. The van der Waals surface area contributed by atoms with Gasteiger partial charge in [-0.2, -0.15) is 0 Å². The number of hydrogen-bond donors (Lipinski definition) is 0. The first-order valence-corrected chi connectivity index (χ1v) is 23.5. The summed E-state index contributed by atoms with van der Waals surface area (Å²) in [5.74, 6) is -0.856. The first kappa shape index (κ1) is 51.4. The lowest BCUT2D eigenvalue weighted by atomic mass is 10.0. The quantitative estimate of drug-likeness (QED) is 0.0351. The van der Waals surface area contributed by atoms with Crippen LogP contribution < -0.4 is 0 Å². The molecule has 0 aliphatic carbocycles. The first-order chi connectivity index (χ1) is 26.0. The van der Waals surface area contributed by atoms with Gasteiger partial charge in [-0.05, 0) is 19.3 Å². The lowest BCUT2D eigenvalue weighted by molar-refractivity contribution is -0.167. The molecule has 0 radical (unpaired) electrons. The van der Waals surface area contributed by atoms with Gasteiger partial charge in [0.2, 0.25) is 0 Å². The predicted octanol–water partition coefficient (Wildman–Crippen LogP) is 14.9. The summed E-state index contributed by atoms with van der Waals surface area (Å²) >= 11 is 0. The molecule has 0 aromatic rings. The molecule has 314 valence electrons. The number of unbranched alkanes of at least 4 members (excludes halogenated alkanes) is 32. The molecule has 0 heterocycles. The van der Waals surface area contributed by atoms with Crippen molar-refractivity contribution in [2.24, 2.45) is 0 Å². The molecule has 0 spiro atoms. The van der Waals surface area contributed by atoms with Crippen LogP contribution in [0.25, 0.3) is 0 Å². The van der Waals surface area contributed by atoms with E-state index < -0.39 is 6.10 Å². The highest BCUT2D eigenvalue weighted by Gasteiger charge is 2.19. The van der Waals surface area contributed by atoms with Crippen LogP contribution in [0.1, 0.15) is 265 Å². The molecule has 0 N–H and O–H groups in total. The van der Waals surface area contributed by atoms with Crippen molar-refractivity contribution in [2.75, 3.05) is 13.2 Å². The molecule has 0 fully saturated rings. The van der Waals surface area contributed by atoms with Gasteiger partial charge in [0.15, 0.2) is 6.10 Å². The fourth-order valence-electron chi connectivity index (χ4n) is 7.03. The second-order valence-electron chi connectivity index (χ2n) is 16.0. The van der Waals surface area contributed by atoms with Crippen LogP contribution in [0.3, 0.4) is 0 Å². The fraction of sp³-hybridized carbons (Fsp3) is 0.936. The van der Waals surface area contributed by atoms with Crippen LogP contribution in [0.2, 0.25) is 0 Å². The van der Waals surface area contributed by atoms with Crippen LogP contribution in [0.15, 0.2) is 0 Å². The summed E-state index contributed by atoms with van der Waals surface area (Å²) < 4.78 is 16.7. The third kappa shape index (κ3) is 41.4. The highest BCUT2D eigenvalue weighted by atomic mass is 16.6. The average molecular weight is 751 g/mol. The largest absolute Gasteiger partial charge is 0.462 e. The van der Waals surface area contributed by atoms with E-state index in [2.05, 4.69) is 20.8 Å². The maximum absolute atomic E-state index is 12.6. The summed E-state index contributed by atoms with van der Waals surface area (Å²) in [7, 11) is 0. The van der Waals surface area contributed by atoms with Crippen LogP contribution >= 0.6 is 0 Å². The molecule has 6 heteroatoms. The third-order valence-corrected chi connectivity index (χ3v) is 10.6. The Balaban J connectivity index is 4.19. The molecule has 0 saturated carbocycles. The van der Waals surface area contributed by atoms with Gasteiger partial charge in [-0.15, -0.1) is 0 Å². The van der Waals surface area contributed by atoms with E-state index >= 15 is 0 Å². The average Bonchev–Trinajstić information content (AvgIpc) is 3.15. The molecule has 0 aromatic heterocycles. The Morgan fingerprint density at radius 1 is 0.302 bits per heavy atom. The number of hydrogen-bond acceptors (Lipinski definition) is 6. The minimum atomic E-state index is -0.757. The van der Waals surface area contributed by atoms with Gasteiger partial charge in [-0.3, -0.25) is 14.4 Å². The zero-order chi connectivity index (χ0) is 38.7. The third-order valence-electron chi connectivity index (χ3n) is 10.6. The molecule has 6 nitrogen and oxygen atoms in total. The van der Waals surface area contributed by atoms with Gasteiger partial charge in [-0.1, -0.05) is 226 Å². The molecular formula is C47H90O6. The molecule has 0 unspecified atom stereocenters. The van der Waals surface area contributed by atoms with Crippen LogP contribution in [-0.2, 0) is 28.6 Å². The fourth-order valence-corrected chi connectivity index (χ4v) is 7.03. The highest BCUT2D eigenvalue weighted by molar-refractivity contribution is 5.71. The molecule has 0 aliphatic heterocycles. The molecule has 0 rings (SSSR count). The normalized spacial score (nSPS) is 11.8. The second-order valence-corrected chi connectivity index (χ2v) is 16.0. The van der Waals surface area contributed by atoms with Gasteiger partial charge in [0, 0.05) is 19.3 Å². The van der Waals surface area contributed by atoms with E-state index in [0.717, 1.165) is 57.8 Å². The summed E-state index contributed by atoms with van der Waals surface area (Å²) in [5, 5.41) is 0. The van der Waals surface area contributed by atoms with E-state index in [1.165, 1.54) is 167 Å². The topological polar surface area (TPSA) is 78.9 Å². The van der Waals surface area contributed by atoms with Crippen molar-refractivity contribution in [3.05, 3.63) is 0 Å². The molecule has 0 aliphatic rings. The van der Waals surface area contributed by atoms with Crippen molar-refractivity contribution in [1.29, 1.82) is 0 Å². The number of esters is 3. The Morgan fingerprint density at radius 2 is 0.509 bits per heavy atom. The van der Waals surface area contributed by atoms with Crippen molar-refractivity contribution >= 4 is 17.9 Å². The summed E-state index contributed by atoms with van der Waals surface area (Å²) in [4.78, 5) is 37.6. The number of ether oxygens (including phenoxy) is 3. The SMILES string of the molecule is CCCCCCCCCCCCCCCCCCC(=O)OC[C@H](COC(=O)CCCCCCCCCCCCCC)OC(=O)CCCCCCCCC. The lowest BCUT2D eigenvalue weighted by Gasteiger charge is -2.18. The van der Waals surface area contributed by atoms with E-state index in [9.17, 15) is 14.4 Å². The minimum Gasteiger partial charge on any atom is -0.462 e.